The van der Waals surface area contributed by atoms with Crippen LogP contribution in [0, 0.1) is 0 Å². The second-order valence-electron chi connectivity index (χ2n) is 11.1. The number of carbonyl (C=O) groups excluding carboxylic acids is 1. The fraction of sp³-hybridized carbons (Fsp3) is 0.500. The lowest BCUT2D eigenvalue weighted by Crippen LogP contribution is -2.54. The summed E-state index contributed by atoms with van der Waals surface area (Å²) >= 11 is 12.7. The Kier molecular flexibility index (Phi) is 9.54. The SMILES string of the molecule is O=C(NN1CCN(c2ccc(OC[C@@H]3CO[C@@](Cn4cncn4)(c4ccc(Cl)cc4Cl)O3)cc2)CC1)OC1CCCCC1. The molecule has 2 saturated heterocycles. The molecule has 0 spiro atoms. The lowest BCUT2D eigenvalue weighted by molar-refractivity contribution is -0.190. The van der Waals surface area contributed by atoms with Crippen molar-refractivity contribution in [2.45, 2.75) is 56.6 Å². The Bertz CT molecular complexity index is 1350. The van der Waals surface area contributed by atoms with Crippen LogP contribution in [0.2, 0.25) is 10.0 Å². The van der Waals surface area contributed by atoms with Crippen LogP contribution in [0.5, 0.6) is 5.75 Å². The standard InChI is InChI=1S/C30H36Cl2N6O5/c31-22-6-11-27(28(32)16-22)30(19-38-21-33-20-34-38)41-18-26(43-30)17-40-24-9-7-23(8-10-24)36-12-14-37(15-13-36)35-29(39)42-25-4-2-1-3-5-25/h6-11,16,20-21,25-26H,1-5,12-15,17-19H2,(H,35,39)/t26-,30-/m1/s1. The van der Waals surface area contributed by atoms with E-state index in [0.29, 0.717) is 41.9 Å². The van der Waals surface area contributed by atoms with Crippen molar-refractivity contribution in [2.75, 3.05) is 44.3 Å². The maximum atomic E-state index is 12.3. The second-order valence-corrected chi connectivity index (χ2v) is 11.9. The topological polar surface area (TPSA) is 103 Å². The highest BCUT2D eigenvalue weighted by molar-refractivity contribution is 6.35. The highest BCUT2D eigenvalue weighted by atomic mass is 35.5. The average molecular weight is 632 g/mol. The van der Waals surface area contributed by atoms with Gasteiger partial charge in [-0.2, -0.15) is 5.10 Å². The van der Waals surface area contributed by atoms with E-state index >= 15 is 0 Å². The Morgan fingerprint density at radius 2 is 1.84 bits per heavy atom. The zero-order valence-electron chi connectivity index (χ0n) is 23.9. The van der Waals surface area contributed by atoms with E-state index in [1.165, 1.54) is 12.7 Å². The van der Waals surface area contributed by atoms with E-state index in [1.54, 1.807) is 23.1 Å². The summed E-state index contributed by atoms with van der Waals surface area (Å²) in [6, 6.07) is 13.2. The monoisotopic (exact) mass is 630 g/mol. The van der Waals surface area contributed by atoms with Gasteiger partial charge in [0.2, 0.25) is 5.79 Å². The van der Waals surface area contributed by atoms with Gasteiger partial charge >= 0.3 is 6.09 Å². The third kappa shape index (κ3) is 7.53. The van der Waals surface area contributed by atoms with Gasteiger partial charge in [-0.25, -0.2) is 19.5 Å². The van der Waals surface area contributed by atoms with Gasteiger partial charge in [-0.3, -0.25) is 5.43 Å². The number of aromatic nitrogens is 3. The molecule has 43 heavy (non-hydrogen) atoms. The predicted molar refractivity (Wildman–Crippen MR) is 161 cm³/mol. The van der Waals surface area contributed by atoms with Gasteiger partial charge in [0.15, 0.2) is 0 Å². The molecule has 230 valence electrons. The molecular weight excluding hydrogens is 595 g/mol. The normalized spacial score (nSPS) is 23.3. The summed E-state index contributed by atoms with van der Waals surface area (Å²) < 4.78 is 26.0. The number of nitrogens with zero attached hydrogens (tertiary/aromatic N) is 5. The van der Waals surface area contributed by atoms with Crippen LogP contribution in [0.25, 0.3) is 0 Å². The van der Waals surface area contributed by atoms with Crippen LogP contribution in [-0.2, 0) is 26.5 Å². The van der Waals surface area contributed by atoms with Crippen molar-refractivity contribution in [3.05, 3.63) is 70.7 Å². The van der Waals surface area contributed by atoms with Crippen molar-refractivity contribution in [1.29, 1.82) is 0 Å². The molecule has 0 unspecified atom stereocenters. The number of nitrogens with one attached hydrogen (secondary N) is 1. The first kappa shape index (κ1) is 30.0. The molecule has 3 fully saturated rings. The van der Waals surface area contributed by atoms with Crippen molar-refractivity contribution in [1.82, 2.24) is 25.2 Å². The van der Waals surface area contributed by atoms with E-state index in [2.05, 4.69) is 20.4 Å². The number of carbonyl (C=O) groups is 1. The summed E-state index contributed by atoms with van der Waals surface area (Å²) in [6.45, 7) is 3.89. The smallest absolute Gasteiger partial charge is 0.422 e. The van der Waals surface area contributed by atoms with Gasteiger partial charge in [0.25, 0.3) is 0 Å². The van der Waals surface area contributed by atoms with Crippen molar-refractivity contribution in [3.8, 4) is 5.75 Å². The molecule has 1 aromatic heterocycles. The average Bonchev–Trinajstić information content (AvgIpc) is 3.68. The van der Waals surface area contributed by atoms with E-state index < -0.39 is 5.79 Å². The number of amides is 1. The molecule has 0 bridgehead atoms. The van der Waals surface area contributed by atoms with Crippen molar-refractivity contribution in [3.63, 3.8) is 0 Å². The highest BCUT2D eigenvalue weighted by Crippen LogP contribution is 2.40. The molecule has 0 radical (unpaired) electrons. The van der Waals surface area contributed by atoms with E-state index in [9.17, 15) is 4.79 Å². The molecule has 13 heteroatoms. The molecule has 1 saturated carbocycles. The summed E-state index contributed by atoms with van der Waals surface area (Å²) in [4.78, 5) is 18.6. The minimum absolute atomic E-state index is 0.0488. The Balaban J connectivity index is 0.988. The largest absolute Gasteiger partial charge is 0.491 e. The minimum Gasteiger partial charge on any atom is -0.491 e. The zero-order valence-corrected chi connectivity index (χ0v) is 25.4. The van der Waals surface area contributed by atoms with Crippen molar-refractivity contribution in [2.24, 2.45) is 0 Å². The van der Waals surface area contributed by atoms with E-state index in [-0.39, 0.29) is 24.8 Å². The number of rotatable bonds is 9. The summed E-state index contributed by atoms with van der Waals surface area (Å²) in [5.41, 5.74) is 4.67. The van der Waals surface area contributed by atoms with Gasteiger partial charge in [0, 0.05) is 42.5 Å². The number of hydrogen-bond acceptors (Lipinski definition) is 9. The number of piperazine rings is 1. The molecule has 2 aliphatic heterocycles. The number of halogens is 2. The fourth-order valence-electron chi connectivity index (χ4n) is 5.79. The third-order valence-corrected chi connectivity index (χ3v) is 8.58. The van der Waals surface area contributed by atoms with Crippen LogP contribution in [0.1, 0.15) is 37.7 Å². The quantitative estimate of drug-likeness (QED) is 0.349. The van der Waals surface area contributed by atoms with Crippen molar-refractivity contribution >= 4 is 35.0 Å². The molecule has 3 aromatic rings. The van der Waals surface area contributed by atoms with Crippen LogP contribution < -0.4 is 15.1 Å². The van der Waals surface area contributed by atoms with E-state index in [4.69, 9.17) is 42.1 Å². The maximum Gasteiger partial charge on any atom is 0.422 e. The number of anilines is 1. The molecule has 2 atom stereocenters. The second kappa shape index (κ2) is 13.7. The van der Waals surface area contributed by atoms with E-state index in [1.807, 2.05) is 35.3 Å². The first-order chi connectivity index (χ1) is 21.0. The number of hydrazine groups is 1. The molecule has 1 N–H and O–H groups in total. The first-order valence-electron chi connectivity index (χ1n) is 14.8. The fourth-order valence-corrected chi connectivity index (χ4v) is 6.34. The van der Waals surface area contributed by atoms with Gasteiger partial charge in [-0.1, -0.05) is 35.7 Å². The number of ether oxygens (including phenoxy) is 4. The zero-order chi connectivity index (χ0) is 29.6. The van der Waals surface area contributed by atoms with Gasteiger partial charge in [-0.15, -0.1) is 0 Å². The summed E-state index contributed by atoms with van der Waals surface area (Å²) in [5, 5.41) is 7.12. The molecule has 2 aromatic carbocycles. The van der Waals surface area contributed by atoms with Gasteiger partial charge < -0.3 is 23.8 Å². The molecule has 1 aliphatic carbocycles. The number of hydrogen-bond donors (Lipinski definition) is 1. The molecule has 6 rings (SSSR count). The molecule has 3 heterocycles. The molecule has 1 amide bonds. The lowest BCUT2D eigenvalue weighted by Gasteiger charge is -2.36. The molecule has 11 nitrogen and oxygen atoms in total. The summed E-state index contributed by atoms with van der Waals surface area (Å²) in [7, 11) is 0. The number of benzene rings is 2. The highest BCUT2D eigenvalue weighted by Gasteiger charge is 2.45. The van der Waals surface area contributed by atoms with Crippen molar-refractivity contribution < 1.29 is 23.7 Å². The van der Waals surface area contributed by atoms with Crippen LogP contribution in [0.4, 0.5) is 10.5 Å². The third-order valence-electron chi connectivity index (χ3n) is 8.03. The lowest BCUT2D eigenvalue weighted by atomic mass is 9.98. The molecular formula is C30H36Cl2N6O5. The molecule has 3 aliphatic rings. The Morgan fingerprint density at radius 3 is 2.56 bits per heavy atom. The Labute approximate surface area is 260 Å². The first-order valence-corrected chi connectivity index (χ1v) is 15.5. The van der Waals surface area contributed by atoms with Crippen LogP contribution in [0.3, 0.4) is 0 Å². The van der Waals surface area contributed by atoms with Crippen LogP contribution in [-0.4, -0.2) is 77.5 Å². The maximum absolute atomic E-state index is 12.3. The summed E-state index contributed by atoms with van der Waals surface area (Å²) in [5.74, 6) is -0.423. The summed E-state index contributed by atoms with van der Waals surface area (Å²) in [6.07, 6.45) is 7.86. The minimum atomic E-state index is -1.16. The van der Waals surface area contributed by atoms with Gasteiger partial charge in [0.05, 0.1) is 11.6 Å². The Morgan fingerprint density at radius 1 is 1.05 bits per heavy atom. The Hall–Kier alpha value is -3.09. The predicted octanol–water partition coefficient (Wildman–Crippen LogP) is 5.03. The van der Waals surface area contributed by atoms with Crippen LogP contribution >= 0.6 is 23.2 Å². The van der Waals surface area contributed by atoms with Gasteiger partial charge in [-0.05, 0) is 62.1 Å². The van der Waals surface area contributed by atoms with E-state index in [0.717, 1.165) is 50.2 Å². The van der Waals surface area contributed by atoms with Gasteiger partial charge in [0.1, 0.15) is 43.8 Å². The van der Waals surface area contributed by atoms with Crippen LogP contribution in [0.15, 0.2) is 55.1 Å².